The molecule has 3 heterocycles. The van der Waals surface area contributed by atoms with Crippen LogP contribution in [0.2, 0.25) is 0 Å². The van der Waals surface area contributed by atoms with Gasteiger partial charge >= 0.3 is 0 Å². The molecule has 0 unspecified atom stereocenters. The maximum atomic E-state index is 14.5. The summed E-state index contributed by atoms with van der Waals surface area (Å²) in [4.78, 5) is 17.1. The highest BCUT2D eigenvalue weighted by Gasteiger charge is 2.33. The number of rotatable bonds is 5. The molecule has 154 valence electrons. The van der Waals surface area contributed by atoms with Crippen molar-refractivity contribution in [3.05, 3.63) is 71.3 Å². The highest BCUT2D eigenvalue weighted by molar-refractivity contribution is 5.95. The van der Waals surface area contributed by atoms with Crippen LogP contribution in [0.15, 0.2) is 48.7 Å². The van der Waals surface area contributed by atoms with Gasteiger partial charge in [0.15, 0.2) is 0 Å². The number of hydrogen-bond donors (Lipinski definition) is 0. The van der Waals surface area contributed by atoms with Crippen LogP contribution in [0.4, 0.5) is 4.39 Å². The van der Waals surface area contributed by atoms with Crippen LogP contribution >= 0.6 is 0 Å². The van der Waals surface area contributed by atoms with Gasteiger partial charge in [0, 0.05) is 42.7 Å². The summed E-state index contributed by atoms with van der Waals surface area (Å²) < 4.78 is 14.5. The van der Waals surface area contributed by atoms with Crippen molar-refractivity contribution in [3.63, 3.8) is 0 Å². The largest absolute Gasteiger partial charge is 0.338 e. The molecule has 0 bridgehead atoms. The van der Waals surface area contributed by atoms with Crippen LogP contribution in [-0.2, 0) is 6.42 Å². The first-order valence-electron chi connectivity index (χ1n) is 10.7. The highest BCUT2D eigenvalue weighted by Crippen LogP contribution is 2.24. The fourth-order valence-electron chi connectivity index (χ4n) is 4.61. The van der Waals surface area contributed by atoms with Crippen LogP contribution in [0.1, 0.15) is 34.5 Å². The van der Waals surface area contributed by atoms with Crippen molar-refractivity contribution >= 4 is 16.7 Å². The monoisotopic (exact) mass is 404 g/mol. The molecule has 5 nitrogen and oxygen atoms in total. The van der Waals surface area contributed by atoms with E-state index >= 15 is 0 Å². The number of halogens is 1. The SMILES string of the molecule is O=C(c1cc(Cc2nncc3ccccc23)ccc1F)N1CC(CN2CCCC2)C1. The first-order chi connectivity index (χ1) is 14.7. The van der Waals surface area contributed by atoms with E-state index in [1.807, 2.05) is 24.3 Å². The standard InChI is InChI=1S/C24H25FN4O/c25-22-8-7-17(12-23-20-6-2-1-5-19(20)13-26-27-23)11-21(22)24(30)29-15-18(16-29)14-28-9-3-4-10-28/h1-2,5-8,11,13,18H,3-4,9-10,12,14-16H2. The van der Waals surface area contributed by atoms with Gasteiger partial charge in [-0.15, -0.1) is 0 Å². The van der Waals surface area contributed by atoms with Gasteiger partial charge in [-0.2, -0.15) is 10.2 Å². The highest BCUT2D eigenvalue weighted by atomic mass is 19.1. The maximum Gasteiger partial charge on any atom is 0.256 e. The lowest BCUT2D eigenvalue weighted by Crippen LogP contribution is -2.53. The minimum atomic E-state index is -0.462. The molecule has 5 rings (SSSR count). The minimum Gasteiger partial charge on any atom is -0.338 e. The van der Waals surface area contributed by atoms with Gasteiger partial charge in [0.25, 0.3) is 5.91 Å². The zero-order chi connectivity index (χ0) is 20.5. The number of hydrogen-bond acceptors (Lipinski definition) is 4. The molecule has 3 aromatic rings. The normalized spacial score (nSPS) is 17.4. The summed E-state index contributed by atoms with van der Waals surface area (Å²) in [5.74, 6) is -0.170. The first-order valence-corrected chi connectivity index (χ1v) is 10.7. The molecule has 0 atom stereocenters. The molecule has 30 heavy (non-hydrogen) atoms. The molecule has 2 fully saturated rings. The van der Waals surface area contributed by atoms with Gasteiger partial charge in [0.1, 0.15) is 5.82 Å². The van der Waals surface area contributed by atoms with Crippen molar-refractivity contribution < 1.29 is 9.18 Å². The van der Waals surface area contributed by atoms with Crippen LogP contribution in [0.5, 0.6) is 0 Å². The second kappa shape index (κ2) is 8.11. The minimum absolute atomic E-state index is 0.153. The summed E-state index contributed by atoms with van der Waals surface area (Å²) >= 11 is 0. The molecule has 1 amide bonds. The summed E-state index contributed by atoms with van der Waals surface area (Å²) in [6.07, 6.45) is 4.79. The summed E-state index contributed by atoms with van der Waals surface area (Å²) in [5, 5.41) is 10.4. The zero-order valence-electron chi connectivity index (χ0n) is 16.9. The van der Waals surface area contributed by atoms with Gasteiger partial charge in [-0.05, 0) is 43.6 Å². The topological polar surface area (TPSA) is 49.3 Å². The maximum absolute atomic E-state index is 14.5. The lowest BCUT2D eigenvalue weighted by molar-refractivity contribution is 0.0428. The van der Waals surface area contributed by atoms with Crippen molar-refractivity contribution in [1.29, 1.82) is 0 Å². The smallest absolute Gasteiger partial charge is 0.256 e. The predicted molar refractivity (Wildman–Crippen MR) is 114 cm³/mol. The number of amides is 1. The Morgan fingerprint density at radius 1 is 1.10 bits per heavy atom. The number of nitrogens with zero attached hydrogens (tertiary/aromatic N) is 4. The molecule has 0 N–H and O–H groups in total. The molecule has 2 aliphatic heterocycles. The molecular weight excluding hydrogens is 379 g/mol. The van der Waals surface area contributed by atoms with Crippen LogP contribution in [0, 0.1) is 11.7 Å². The Kier molecular flexibility index (Phi) is 5.17. The molecule has 1 aromatic heterocycles. The summed E-state index contributed by atoms with van der Waals surface area (Å²) in [5.41, 5.74) is 1.84. The van der Waals surface area contributed by atoms with Gasteiger partial charge in [0.2, 0.25) is 0 Å². The van der Waals surface area contributed by atoms with E-state index in [0.29, 0.717) is 25.4 Å². The van der Waals surface area contributed by atoms with Gasteiger partial charge in [-0.1, -0.05) is 30.3 Å². The Hall–Kier alpha value is -2.86. The van der Waals surface area contributed by atoms with E-state index in [4.69, 9.17) is 0 Å². The Labute approximate surface area is 175 Å². The number of carbonyl (C=O) groups excluding carboxylic acids is 1. The van der Waals surface area contributed by atoms with Crippen LogP contribution < -0.4 is 0 Å². The van der Waals surface area contributed by atoms with Crippen LogP contribution in [0.3, 0.4) is 0 Å². The van der Waals surface area contributed by atoms with E-state index < -0.39 is 5.82 Å². The summed E-state index contributed by atoms with van der Waals surface area (Å²) in [6, 6.07) is 12.7. The summed E-state index contributed by atoms with van der Waals surface area (Å²) in [6.45, 7) is 4.81. The lowest BCUT2D eigenvalue weighted by Gasteiger charge is -2.41. The Morgan fingerprint density at radius 3 is 2.73 bits per heavy atom. The molecular formula is C24H25FN4O. The van der Waals surface area contributed by atoms with Crippen molar-refractivity contribution in [2.75, 3.05) is 32.7 Å². The third kappa shape index (κ3) is 3.79. The number of likely N-dealkylation sites (tertiary alicyclic amines) is 2. The lowest BCUT2D eigenvalue weighted by atomic mass is 9.97. The molecule has 2 aromatic carbocycles. The quantitative estimate of drug-likeness (QED) is 0.653. The van der Waals surface area contributed by atoms with Crippen molar-refractivity contribution in [3.8, 4) is 0 Å². The fourth-order valence-corrected chi connectivity index (χ4v) is 4.61. The van der Waals surface area contributed by atoms with Crippen LogP contribution in [-0.4, -0.2) is 58.6 Å². The molecule has 0 aliphatic carbocycles. The van der Waals surface area contributed by atoms with E-state index in [-0.39, 0.29) is 11.5 Å². The molecule has 0 spiro atoms. The molecule has 0 radical (unpaired) electrons. The number of benzene rings is 2. The van der Waals surface area contributed by atoms with Crippen molar-refractivity contribution in [2.24, 2.45) is 5.92 Å². The third-order valence-electron chi connectivity index (χ3n) is 6.24. The fraction of sp³-hybridized carbons (Fsp3) is 0.375. The molecule has 6 heteroatoms. The molecule has 2 saturated heterocycles. The van der Waals surface area contributed by atoms with Crippen molar-refractivity contribution in [1.82, 2.24) is 20.0 Å². The molecule has 0 saturated carbocycles. The Morgan fingerprint density at radius 2 is 1.90 bits per heavy atom. The van der Waals surface area contributed by atoms with E-state index in [2.05, 4.69) is 15.1 Å². The van der Waals surface area contributed by atoms with Gasteiger partial charge in [-0.25, -0.2) is 4.39 Å². The number of aromatic nitrogens is 2. The number of carbonyl (C=O) groups is 1. The first kappa shape index (κ1) is 19.1. The van der Waals surface area contributed by atoms with Crippen molar-refractivity contribution in [2.45, 2.75) is 19.3 Å². The van der Waals surface area contributed by atoms with E-state index in [9.17, 15) is 9.18 Å². The third-order valence-corrected chi connectivity index (χ3v) is 6.24. The summed E-state index contributed by atoms with van der Waals surface area (Å²) in [7, 11) is 0. The van der Waals surface area contributed by atoms with Crippen LogP contribution in [0.25, 0.3) is 10.8 Å². The van der Waals surface area contributed by atoms with E-state index in [0.717, 1.165) is 41.7 Å². The average Bonchev–Trinajstić information content (AvgIpc) is 3.25. The van der Waals surface area contributed by atoms with Gasteiger partial charge in [-0.3, -0.25) is 4.79 Å². The van der Waals surface area contributed by atoms with E-state index in [1.54, 1.807) is 23.2 Å². The zero-order valence-corrected chi connectivity index (χ0v) is 16.9. The van der Waals surface area contributed by atoms with Gasteiger partial charge < -0.3 is 9.80 Å². The Balaban J connectivity index is 1.29. The second-order valence-corrected chi connectivity index (χ2v) is 8.45. The number of fused-ring (bicyclic) bond motifs is 1. The predicted octanol–water partition coefficient (Wildman–Crippen LogP) is 3.53. The second-order valence-electron chi connectivity index (χ2n) is 8.45. The Bertz CT molecular complexity index is 1070. The average molecular weight is 404 g/mol. The van der Waals surface area contributed by atoms with Gasteiger partial charge in [0.05, 0.1) is 17.5 Å². The molecule has 2 aliphatic rings. The van der Waals surface area contributed by atoms with E-state index in [1.165, 1.54) is 18.9 Å².